The van der Waals surface area contributed by atoms with Crippen LogP contribution in [0.5, 0.6) is 0 Å². The fraction of sp³-hybridized carbons (Fsp3) is 0.250. The van der Waals surface area contributed by atoms with Gasteiger partial charge in [0.25, 0.3) is 0 Å². The number of anilines is 1. The first-order valence-corrected chi connectivity index (χ1v) is 6.49. The molecule has 0 unspecified atom stereocenters. The Kier molecular flexibility index (Phi) is 3.93. The summed E-state index contributed by atoms with van der Waals surface area (Å²) in [5.74, 6) is 0. The Morgan fingerprint density at radius 3 is 2.22 bits per heavy atom. The molecule has 0 radical (unpaired) electrons. The lowest BCUT2D eigenvalue weighted by Gasteiger charge is -2.09. The highest BCUT2D eigenvalue weighted by Gasteiger charge is 1.99. The van der Waals surface area contributed by atoms with Gasteiger partial charge in [0.15, 0.2) is 0 Å². The van der Waals surface area contributed by atoms with E-state index in [-0.39, 0.29) is 0 Å². The second kappa shape index (κ2) is 5.45. The van der Waals surface area contributed by atoms with E-state index >= 15 is 0 Å². The maximum absolute atomic E-state index is 6.12. The predicted molar refractivity (Wildman–Crippen MR) is 79.4 cm³/mol. The lowest BCUT2D eigenvalue weighted by Crippen LogP contribution is -2.00. The first-order valence-electron chi connectivity index (χ1n) is 6.12. The summed E-state index contributed by atoms with van der Waals surface area (Å²) in [6.45, 7) is 7.04. The average molecular weight is 260 g/mol. The molecule has 94 valence electrons. The molecule has 18 heavy (non-hydrogen) atoms. The second-order valence-corrected chi connectivity index (χ2v) is 5.22. The Labute approximate surface area is 114 Å². The van der Waals surface area contributed by atoms with E-state index in [2.05, 4.69) is 49.5 Å². The molecule has 0 saturated carbocycles. The largest absolute Gasteiger partial charge is 0.381 e. The fourth-order valence-electron chi connectivity index (χ4n) is 2.03. The van der Waals surface area contributed by atoms with Gasteiger partial charge in [0, 0.05) is 17.3 Å². The van der Waals surface area contributed by atoms with Crippen LogP contribution in [0.1, 0.15) is 22.3 Å². The summed E-state index contributed by atoms with van der Waals surface area (Å²) >= 11 is 6.12. The summed E-state index contributed by atoms with van der Waals surface area (Å²) in [6.07, 6.45) is 0. The lowest BCUT2D eigenvalue weighted by molar-refractivity contribution is 1.14. The van der Waals surface area contributed by atoms with Gasteiger partial charge in [-0.3, -0.25) is 0 Å². The molecule has 0 bridgehead atoms. The molecule has 0 aliphatic rings. The predicted octanol–water partition coefficient (Wildman–Crippen LogP) is 4.88. The molecule has 0 atom stereocenters. The highest BCUT2D eigenvalue weighted by Crippen LogP contribution is 2.19. The van der Waals surface area contributed by atoms with Crippen LogP contribution in [0.15, 0.2) is 36.4 Å². The van der Waals surface area contributed by atoms with Crippen molar-refractivity contribution in [3.8, 4) is 0 Å². The van der Waals surface area contributed by atoms with Gasteiger partial charge in [-0.2, -0.15) is 0 Å². The van der Waals surface area contributed by atoms with Crippen molar-refractivity contribution in [2.24, 2.45) is 0 Å². The average Bonchev–Trinajstić information content (AvgIpc) is 2.29. The molecule has 0 fully saturated rings. The van der Waals surface area contributed by atoms with Gasteiger partial charge in [0.2, 0.25) is 0 Å². The smallest absolute Gasteiger partial charge is 0.0438 e. The normalized spacial score (nSPS) is 10.4. The number of rotatable bonds is 3. The molecule has 2 rings (SSSR count). The van der Waals surface area contributed by atoms with Crippen molar-refractivity contribution >= 4 is 17.3 Å². The summed E-state index contributed by atoms with van der Waals surface area (Å²) in [5.41, 5.74) is 6.03. The van der Waals surface area contributed by atoms with E-state index in [0.717, 1.165) is 22.8 Å². The highest BCUT2D eigenvalue weighted by molar-refractivity contribution is 6.31. The zero-order valence-electron chi connectivity index (χ0n) is 11.0. The van der Waals surface area contributed by atoms with Crippen LogP contribution in [-0.2, 0) is 6.54 Å². The fourth-order valence-corrected chi connectivity index (χ4v) is 2.23. The molecule has 0 heterocycles. The van der Waals surface area contributed by atoms with Gasteiger partial charge in [-0.15, -0.1) is 0 Å². The van der Waals surface area contributed by atoms with Crippen LogP contribution in [0.4, 0.5) is 5.69 Å². The molecule has 0 aromatic heterocycles. The van der Waals surface area contributed by atoms with Crippen molar-refractivity contribution in [3.05, 3.63) is 63.7 Å². The summed E-state index contributed by atoms with van der Waals surface area (Å²) in [5, 5.41) is 4.26. The number of hydrogen-bond acceptors (Lipinski definition) is 1. The van der Waals surface area contributed by atoms with Gasteiger partial charge in [0.1, 0.15) is 0 Å². The first kappa shape index (κ1) is 13.0. The van der Waals surface area contributed by atoms with Crippen molar-refractivity contribution in [1.29, 1.82) is 0 Å². The molecule has 0 amide bonds. The number of halogens is 1. The maximum atomic E-state index is 6.12. The van der Waals surface area contributed by atoms with Crippen molar-refractivity contribution in [3.63, 3.8) is 0 Å². The number of benzene rings is 2. The highest BCUT2D eigenvalue weighted by atomic mass is 35.5. The zero-order chi connectivity index (χ0) is 13.1. The van der Waals surface area contributed by atoms with E-state index in [1.807, 2.05) is 13.0 Å². The molecule has 0 spiro atoms. The van der Waals surface area contributed by atoms with Crippen LogP contribution in [0.25, 0.3) is 0 Å². The molecule has 0 aliphatic carbocycles. The topological polar surface area (TPSA) is 12.0 Å². The van der Waals surface area contributed by atoms with E-state index < -0.39 is 0 Å². The third kappa shape index (κ3) is 3.27. The molecule has 0 aliphatic heterocycles. The maximum Gasteiger partial charge on any atom is 0.0438 e. The minimum atomic E-state index is 0.795. The SMILES string of the molecule is Cc1cc(C)cc(NCc2ccc(C)c(Cl)c2)c1. The molecular weight excluding hydrogens is 242 g/mol. The van der Waals surface area contributed by atoms with Crippen LogP contribution in [0.2, 0.25) is 5.02 Å². The second-order valence-electron chi connectivity index (χ2n) is 4.81. The van der Waals surface area contributed by atoms with Crippen molar-refractivity contribution in [1.82, 2.24) is 0 Å². The molecule has 0 saturated heterocycles. The Bertz CT molecular complexity index is 541. The summed E-state index contributed by atoms with van der Waals surface area (Å²) < 4.78 is 0. The third-order valence-corrected chi connectivity index (χ3v) is 3.36. The molecule has 2 heteroatoms. The summed E-state index contributed by atoms with van der Waals surface area (Å²) in [4.78, 5) is 0. The standard InChI is InChI=1S/C16H18ClN/c1-11-6-12(2)8-15(7-11)18-10-14-5-4-13(3)16(17)9-14/h4-9,18H,10H2,1-3H3. The van der Waals surface area contributed by atoms with Gasteiger partial charge < -0.3 is 5.32 Å². The first-order chi connectivity index (χ1) is 8.54. The van der Waals surface area contributed by atoms with Gasteiger partial charge >= 0.3 is 0 Å². The van der Waals surface area contributed by atoms with E-state index in [1.54, 1.807) is 0 Å². The number of nitrogens with one attached hydrogen (secondary N) is 1. The van der Waals surface area contributed by atoms with E-state index in [0.29, 0.717) is 0 Å². The van der Waals surface area contributed by atoms with Gasteiger partial charge in [-0.25, -0.2) is 0 Å². The molecule has 2 aromatic carbocycles. The Hall–Kier alpha value is -1.47. The number of aryl methyl sites for hydroxylation is 3. The summed E-state index contributed by atoms with van der Waals surface area (Å²) in [7, 11) is 0. The Balaban J connectivity index is 2.08. The van der Waals surface area contributed by atoms with Crippen molar-refractivity contribution < 1.29 is 0 Å². The minimum Gasteiger partial charge on any atom is -0.381 e. The van der Waals surface area contributed by atoms with Crippen molar-refractivity contribution in [2.75, 3.05) is 5.32 Å². The van der Waals surface area contributed by atoms with Gasteiger partial charge in [-0.05, 0) is 61.2 Å². The monoisotopic (exact) mass is 259 g/mol. The van der Waals surface area contributed by atoms with Crippen LogP contribution in [0, 0.1) is 20.8 Å². The zero-order valence-corrected chi connectivity index (χ0v) is 11.8. The number of hydrogen-bond donors (Lipinski definition) is 1. The molecule has 2 aromatic rings. The molecule has 1 N–H and O–H groups in total. The molecule has 1 nitrogen and oxygen atoms in total. The van der Waals surface area contributed by atoms with Crippen LogP contribution in [0.3, 0.4) is 0 Å². The van der Waals surface area contributed by atoms with E-state index in [1.165, 1.54) is 16.7 Å². The quantitative estimate of drug-likeness (QED) is 0.829. The third-order valence-electron chi connectivity index (χ3n) is 2.95. The van der Waals surface area contributed by atoms with E-state index in [4.69, 9.17) is 11.6 Å². The van der Waals surface area contributed by atoms with Crippen LogP contribution >= 0.6 is 11.6 Å². The van der Waals surface area contributed by atoms with Crippen LogP contribution < -0.4 is 5.32 Å². The van der Waals surface area contributed by atoms with Crippen LogP contribution in [-0.4, -0.2) is 0 Å². The summed E-state index contributed by atoms with van der Waals surface area (Å²) in [6, 6.07) is 12.7. The minimum absolute atomic E-state index is 0.795. The lowest BCUT2D eigenvalue weighted by atomic mass is 10.1. The Morgan fingerprint density at radius 1 is 0.944 bits per heavy atom. The van der Waals surface area contributed by atoms with Gasteiger partial charge in [0.05, 0.1) is 0 Å². The van der Waals surface area contributed by atoms with Gasteiger partial charge in [-0.1, -0.05) is 29.8 Å². The van der Waals surface area contributed by atoms with E-state index in [9.17, 15) is 0 Å². The molecular formula is C16H18ClN. The Morgan fingerprint density at radius 2 is 1.61 bits per heavy atom. The van der Waals surface area contributed by atoms with Crippen molar-refractivity contribution in [2.45, 2.75) is 27.3 Å².